The Morgan fingerprint density at radius 2 is 2.04 bits per heavy atom. The summed E-state index contributed by atoms with van der Waals surface area (Å²) in [5.74, 6) is 0. The van der Waals surface area contributed by atoms with Gasteiger partial charge in [0.1, 0.15) is 12.7 Å². The van der Waals surface area contributed by atoms with E-state index < -0.39 is 0 Å². The number of aromatic nitrogens is 3. The lowest BCUT2D eigenvalue weighted by Gasteiger charge is -2.34. The molecule has 2 aliphatic rings. The Hall–Kier alpha value is -1.14. The summed E-state index contributed by atoms with van der Waals surface area (Å²) in [6, 6.07) is 6.06. The minimum absolute atomic E-state index is 0. The fraction of sp³-hybridized carbons (Fsp3) is 0.529. The predicted octanol–water partition coefficient (Wildman–Crippen LogP) is 2.92. The summed E-state index contributed by atoms with van der Waals surface area (Å²) in [6.07, 6.45) is 7.22. The van der Waals surface area contributed by atoms with Gasteiger partial charge in [0.2, 0.25) is 0 Å². The number of piperidine rings is 1. The second kappa shape index (κ2) is 7.40. The molecule has 0 unspecified atom stereocenters. The number of benzene rings is 1. The molecule has 2 saturated heterocycles. The molecule has 4 rings (SSSR count). The lowest BCUT2D eigenvalue weighted by atomic mass is 9.78. The summed E-state index contributed by atoms with van der Waals surface area (Å²) < 4.78 is 1.80. The van der Waals surface area contributed by atoms with Gasteiger partial charge in [0.05, 0.1) is 5.69 Å². The van der Waals surface area contributed by atoms with Crippen LogP contribution in [0.2, 0.25) is 5.02 Å². The Morgan fingerprint density at radius 1 is 1.21 bits per heavy atom. The van der Waals surface area contributed by atoms with Crippen molar-refractivity contribution >= 4 is 24.0 Å². The topological polar surface area (TPSA) is 46.0 Å². The van der Waals surface area contributed by atoms with E-state index in [-0.39, 0.29) is 12.4 Å². The lowest BCUT2D eigenvalue weighted by Crippen LogP contribution is -2.38. The zero-order valence-corrected chi connectivity index (χ0v) is 15.2. The van der Waals surface area contributed by atoms with Crippen LogP contribution in [0.25, 0.3) is 5.69 Å². The molecule has 1 aromatic carbocycles. The van der Waals surface area contributed by atoms with Gasteiger partial charge < -0.3 is 5.32 Å². The van der Waals surface area contributed by atoms with Gasteiger partial charge in [0.25, 0.3) is 0 Å². The maximum Gasteiger partial charge on any atom is 0.138 e. The van der Waals surface area contributed by atoms with E-state index in [1.54, 1.807) is 17.3 Å². The molecule has 2 aliphatic heterocycles. The van der Waals surface area contributed by atoms with Crippen molar-refractivity contribution < 1.29 is 0 Å². The van der Waals surface area contributed by atoms with E-state index in [2.05, 4.69) is 26.4 Å². The van der Waals surface area contributed by atoms with Gasteiger partial charge in [-0.3, -0.25) is 4.90 Å². The molecule has 7 heteroatoms. The van der Waals surface area contributed by atoms with Gasteiger partial charge in [0, 0.05) is 18.1 Å². The molecule has 130 valence electrons. The molecule has 24 heavy (non-hydrogen) atoms. The normalized spacial score (nSPS) is 20.2. The molecule has 1 N–H and O–H groups in total. The standard InChI is InChI=1S/C17H22ClN5.ClH/c18-15-2-1-14(16(9-15)23-13-20-12-21-23)10-22-8-5-17(11-22)3-6-19-7-4-17;/h1-2,9,12-13,19H,3-8,10-11H2;1H. The second-order valence-corrected chi connectivity index (χ2v) is 7.26. The molecule has 5 nitrogen and oxygen atoms in total. The molecular weight excluding hydrogens is 345 g/mol. The molecule has 0 aliphatic carbocycles. The van der Waals surface area contributed by atoms with Crippen LogP contribution in [0.5, 0.6) is 0 Å². The molecule has 1 spiro atoms. The number of hydrogen-bond donors (Lipinski definition) is 1. The Bertz CT molecular complexity index is 668. The van der Waals surface area contributed by atoms with Crippen molar-refractivity contribution in [2.24, 2.45) is 5.41 Å². The Labute approximate surface area is 153 Å². The zero-order valence-electron chi connectivity index (χ0n) is 13.6. The van der Waals surface area contributed by atoms with Crippen molar-refractivity contribution in [2.45, 2.75) is 25.8 Å². The van der Waals surface area contributed by atoms with Gasteiger partial charge in [-0.2, -0.15) is 5.10 Å². The molecular formula is C17H23Cl2N5. The van der Waals surface area contributed by atoms with Gasteiger partial charge in [0.15, 0.2) is 0 Å². The first kappa shape index (κ1) is 17.7. The van der Waals surface area contributed by atoms with Crippen LogP contribution in [0.4, 0.5) is 0 Å². The van der Waals surface area contributed by atoms with Crippen molar-refractivity contribution in [1.29, 1.82) is 0 Å². The Kier molecular flexibility index (Phi) is 5.45. The SMILES string of the molecule is Cl.Clc1ccc(CN2CCC3(CCNCC3)C2)c(-n2cncn2)c1. The molecule has 3 heterocycles. The maximum atomic E-state index is 6.18. The highest BCUT2D eigenvalue weighted by atomic mass is 35.5. The number of rotatable bonds is 3. The van der Waals surface area contributed by atoms with Crippen molar-refractivity contribution in [3.63, 3.8) is 0 Å². The van der Waals surface area contributed by atoms with E-state index in [0.717, 1.165) is 17.3 Å². The number of hydrogen-bond acceptors (Lipinski definition) is 4. The number of nitrogens with one attached hydrogen (secondary N) is 1. The summed E-state index contributed by atoms with van der Waals surface area (Å²) in [5, 5.41) is 8.48. The highest BCUT2D eigenvalue weighted by Crippen LogP contribution is 2.39. The van der Waals surface area contributed by atoms with Crippen LogP contribution < -0.4 is 5.32 Å². The van der Waals surface area contributed by atoms with E-state index in [0.29, 0.717) is 5.41 Å². The lowest BCUT2D eigenvalue weighted by molar-refractivity contribution is 0.194. The molecule has 0 saturated carbocycles. The summed E-state index contributed by atoms with van der Waals surface area (Å²) in [6.45, 7) is 5.66. The van der Waals surface area contributed by atoms with E-state index in [1.807, 2.05) is 12.1 Å². The van der Waals surface area contributed by atoms with Gasteiger partial charge in [-0.05, 0) is 62.0 Å². The van der Waals surface area contributed by atoms with Crippen LogP contribution in [0, 0.1) is 5.41 Å². The van der Waals surface area contributed by atoms with Crippen LogP contribution >= 0.6 is 24.0 Å². The molecule has 2 aromatic rings. The van der Waals surface area contributed by atoms with Crippen molar-refractivity contribution in [2.75, 3.05) is 26.2 Å². The first-order valence-electron chi connectivity index (χ1n) is 8.31. The quantitative estimate of drug-likeness (QED) is 0.905. The summed E-state index contributed by atoms with van der Waals surface area (Å²) in [5.41, 5.74) is 2.82. The largest absolute Gasteiger partial charge is 0.317 e. The molecule has 0 atom stereocenters. The molecule has 0 amide bonds. The Morgan fingerprint density at radius 3 is 2.79 bits per heavy atom. The minimum Gasteiger partial charge on any atom is -0.317 e. The molecule has 0 radical (unpaired) electrons. The first-order chi connectivity index (χ1) is 11.2. The fourth-order valence-electron chi connectivity index (χ4n) is 3.99. The van der Waals surface area contributed by atoms with E-state index >= 15 is 0 Å². The fourth-order valence-corrected chi connectivity index (χ4v) is 4.15. The monoisotopic (exact) mass is 367 g/mol. The third-order valence-corrected chi connectivity index (χ3v) is 5.52. The summed E-state index contributed by atoms with van der Waals surface area (Å²) >= 11 is 6.18. The van der Waals surface area contributed by atoms with Gasteiger partial charge >= 0.3 is 0 Å². The number of likely N-dealkylation sites (tertiary alicyclic amines) is 1. The van der Waals surface area contributed by atoms with Crippen LogP contribution in [-0.4, -0.2) is 45.8 Å². The molecule has 2 fully saturated rings. The second-order valence-electron chi connectivity index (χ2n) is 6.82. The highest BCUT2D eigenvalue weighted by molar-refractivity contribution is 6.30. The third-order valence-electron chi connectivity index (χ3n) is 5.29. The maximum absolute atomic E-state index is 6.18. The average molecular weight is 368 g/mol. The average Bonchev–Trinajstić information content (AvgIpc) is 3.21. The van der Waals surface area contributed by atoms with E-state index in [4.69, 9.17) is 11.6 Å². The minimum atomic E-state index is 0. The number of halogens is 2. The van der Waals surface area contributed by atoms with Crippen molar-refractivity contribution in [1.82, 2.24) is 25.0 Å². The highest BCUT2D eigenvalue weighted by Gasteiger charge is 2.38. The smallest absolute Gasteiger partial charge is 0.138 e. The van der Waals surface area contributed by atoms with Crippen LogP contribution in [0.1, 0.15) is 24.8 Å². The van der Waals surface area contributed by atoms with E-state index in [1.165, 1.54) is 51.0 Å². The molecule has 0 bridgehead atoms. The zero-order chi connectivity index (χ0) is 15.7. The predicted molar refractivity (Wildman–Crippen MR) is 98.0 cm³/mol. The van der Waals surface area contributed by atoms with Crippen LogP contribution in [-0.2, 0) is 6.54 Å². The Balaban J connectivity index is 0.00000169. The van der Waals surface area contributed by atoms with Crippen molar-refractivity contribution in [3.05, 3.63) is 41.4 Å². The third kappa shape index (κ3) is 3.59. The van der Waals surface area contributed by atoms with Crippen molar-refractivity contribution in [3.8, 4) is 5.69 Å². The van der Waals surface area contributed by atoms with Crippen LogP contribution in [0.15, 0.2) is 30.9 Å². The van der Waals surface area contributed by atoms with Crippen LogP contribution in [0.3, 0.4) is 0 Å². The molecule has 1 aromatic heterocycles. The summed E-state index contributed by atoms with van der Waals surface area (Å²) in [7, 11) is 0. The number of nitrogens with zero attached hydrogens (tertiary/aromatic N) is 4. The van der Waals surface area contributed by atoms with Gasteiger partial charge in [-0.15, -0.1) is 12.4 Å². The summed E-state index contributed by atoms with van der Waals surface area (Å²) in [4.78, 5) is 6.64. The van der Waals surface area contributed by atoms with Gasteiger partial charge in [-0.25, -0.2) is 9.67 Å². The van der Waals surface area contributed by atoms with Gasteiger partial charge in [-0.1, -0.05) is 17.7 Å². The van der Waals surface area contributed by atoms with E-state index in [9.17, 15) is 0 Å². The first-order valence-corrected chi connectivity index (χ1v) is 8.68.